The average molecular weight is 401 g/mol. The van der Waals surface area contributed by atoms with Gasteiger partial charge < -0.3 is 14.5 Å². The lowest BCUT2D eigenvalue weighted by atomic mass is 10.1. The van der Waals surface area contributed by atoms with Crippen LogP contribution < -0.4 is 5.32 Å². The number of rotatable bonds is 6. The molecule has 2 heterocycles. The smallest absolute Gasteiger partial charge is 0.338 e. The van der Waals surface area contributed by atoms with Crippen molar-refractivity contribution in [1.82, 2.24) is 10.3 Å². The van der Waals surface area contributed by atoms with Gasteiger partial charge in [0.2, 0.25) is 0 Å². The quantitative estimate of drug-likeness (QED) is 0.381. The average Bonchev–Trinajstić information content (AvgIpc) is 3.33. The number of nitrogens with one attached hydrogen (secondary N) is 1. The Balaban J connectivity index is 1.74. The predicted octanol–water partition coefficient (Wildman–Crippen LogP) is 3.34. The standard InChI is InChI=1S/C18H15N3O6S/c1-10-20-15(9-28-10)16-4-3-14(27-16)8-19-17(22)11-5-12(18(23)26-2)7-13(6-11)21(24)25/h3-7,9H,8H2,1-2H3,(H,19,22). The minimum atomic E-state index is -0.771. The van der Waals surface area contributed by atoms with E-state index in [1.165, 1.54) is 17.4 Å². The van der Waals surface area contributed by atoms with Gasteiger partial charge in [-0.2, -0.15) is 0 Å². The van der Waals surface area contributed by atoms with Gasteiger partial charge in [0.25, 0.3) is 11.6 Å². The van der Waals surface area contributed by atoms with E-state index in [1.807, 2.05) is 12.3 Å². The molecule has 0 radical (unpaired) electrons. The van der Waals surface area contributed by atoms with E-state index >= 15 is 0 Å². The molecule has 0 unspecified atom stereocenters. The Morgan fingerprint density at radius 1 is 1.29 bits per heavy atom. The van der Waals surface area contributed by atoms with Gasteiger partial charge in [0.1, 0.15) is 11.5 Å². The summed E-state index contributed by atoms with van der Waals surface area (Å²) in [5.41, 5.74) is 0.214. The fraction of sp³-hybridized carbons (Fsp3) is 0.167. The Labute approximate surface area is 163 Å². The number of aryl methyl sites for hydroxylation is 1. The van der Waals surface area contributed by atoms with E-state index in [0.717, 1.165) is 24.3 Å². The largest absolute Gasteiger partial charge is 0.465 e. The Bertz CT molecular complexity index is 1060. The molecule has 0 saturated carbocycles. The zero-order chi connectivity index (χ0) is 20.3. The van der Waals surface area contributed by atoms with Crippen LogP contribution in [0.25, 0.3) is 11.5 Å². The number of aromatic nitrogens is 1. The van der Waals surface area contributed by atoms with Gasteiger partial charge in [0.05, 0.1) is 29.1 Å². The first-order chi connectivity index (χ1) is 13.4. The van der Waals surface area contributed by atoms with Crippen LogP contribution in [0.2, 0.25) is 0 Å². The predicted molar refractivity (Wildman–Crippen MR) is 100 cm³/mol. The van der Waals surface area contributed by atoms with Crippen LogP contribution >= 0.6 is 11.3 Å². The number of thiazole rings is 1. The highest BCUT2D eigenvalue weighted by Gasteiger charge is 2.18. The molecule has 1 amide bonds. The number of amides is 1. The zero-order valence-corrected chi connectivity index (χ0v) is 15.7. The van der Waals surface area contributed by atoms with Gasteiger partial charge in [-0.3, -0.25) is 14.9 Å². The molecule has 0 bridgehead atoms. The summed E-state index contributed by atoms with van der Waals surface area (Å²) >= 11 is 1.50. The highest BCUT2D eigenvalue weighted by molar-refractivity contribution is 7.09. The van der Waals surface area contributed by atoms with Crippen molar-refractivity contribution in [1.29, 1.82) is 0 Å². The molecular formula is C18H15N3O6S. The molecule has 2 aromatic heterocycles. The Hall–Kier alpha value is -3.53. The number of hydrogen-bond donors (Lipinski definition) is 1. The number of nitrogens with zero attached hydrogens (tertiary/aromatic N) is 2. The summed E-state index contributed by atoms with van der Waals surface area (Å²) in [5, 5.41) is 16.4. The third-order valence-corrected chi connectivity index (χ3v) is 4.54. The van der Waals surface area contributed by atoms with Crippen molar-refractivity contribution in [2.75, 3.05) is 7.11 Å². The molecule has 1 aromatic carbocycles. The van der Waals surface area contributed by atoms with Crippen molar-refractivity contribution >= 4 is 28.9 Å². The second-order valence-electron chi connectivity index (χ2n) is 5.72. The second kappa shape index (κ2) is 8.01. The summed E-state index contributed by atoms with van der Waals surface area (Å²) in [6.07, 6.45) is 0. The van der Waals surface area contributed by atoms with Crippen LogP contribution in [0.1, 0.15) is 31.5 Å². The number of non-ortho nitro benzene ring substituents is 1. The maximum atomic E-state index is 12.4. The molecule has 0 aliphatic rings. The van der Waals surface area contributed by atoms with Gasteiger partial charge in [-0.05, 0) is 25.1 Å². The Morgan fingerprint density at radius 2 is 2.04 bits per heavy atom. The zero-order valence-electron chi connectivity index (χ0n) is 14.9. The molecule has 0 spiro atoms. The molecule has 1 N–H and O–H groups in total. The van der Waals surface area contributed by atoms with Gasteiger partial charge in [-0.1, -0.05) is 0 Å². The van der Waals surface area contributed by atoms with E-state index in [-0.39, 0.29) is 23.4 Å². The van der Waals surface area contributed by atoms with Gasteiger partial charge in [-0.15, -0.1) is 11.3 Å². The van der Waals surface area contributed by atoms with E-state index in [9.17, 15) is 19.7 Å². The molecule has 28 heavy (non-hydrogen) atoms. The second-order valence-corrected chi connectivity index (χ2v) is 6.78. The van der Waals surface area contributed by atoms with Crippen LogP contribution in [0, 0.1) is 17.0 Å². The number of hydrogen-bond acceptors (Lipinski definition) is 8. The van der Waals surface area contributed by atoms with Crippen LogP contribution in [0.5, 0.6) is 0 Å². The SMILES string of the molecule is COC(=O)c1cc(C(=O)NCc2ccc(-c3csc(C)n3)o2)cc([N+](=O)[O-])c1. The van der Waals surface area contributed by atoms with Crippen LogP contribution in [-0.4, -0.2) is 28.9 Å². The maximum absolute atomic E-state index is 12.4. The van der Waals surface area contributed by atoms with Gasteiger partial charge in [-0.25, -0.2) is 9.78 Å². The van der Waals surface area contributed by atoms with Crippen molar-refractivity contribution in [3.63, 3.8) is 0 Å². The third-order valence-electron chi connectivity index (χ3n) is 3.77. The first-order valence-electron chi connectivity index (χ1n) is 8.04. The minimum Gasteiger partial charge on any atom is -0.465 e. The van der Waals surface area contributed by atoms with Crippen molar-refractivity contribution in [3.05, 3.63) is 67.7 Å². The number of methoxy groups -OCH3 is 1. The number of ether oxygens (including phenoxy) is 1. The highest BCUT2D eigenvalue weighted by atomic mass is 32.1. The number of carbonyl (C=O) groups excluding carboxylic acids is 2. The third kappa shape index (κ3) is 4.23. The molecule has 9 nitrogen and oxygen atoms in total. The minimum absolute atomic E-state index is 0.0310. The molecule has 0 aliphatic heterocycles. The van der Waals surface area contributed by atoms with E-state index in [4.69, 9.17) is 4.42 Å². The fourth-order valence-corrected chi connectivity index (χ4v) is 3.04. The molecule has 10 heteroatoms. The van der Waals surface area contributed by atoms with Crippen LogP contribution in [0.4, 0.5) is 5.69 Å². The van der Waals surface area contributed by atoms with Gasteiger partial charge in [0, 0.05) is 23.1 Å². The fourth-order valence-electron chi connectivity index (χ4n) is 2.44. The van der Waals surface area contributed by atoms with E-state index in [2.05, 4.69) is 15.0 Å². The van der Waals surface area contributed by atoms with Crippen molar-refractivity contribution < 1.29 is 23.7 Å². The van der Waals surface area contributed by atoms with Gasteiger partial charge >= 0.3 is 5.97 Å². The summed E-state index contributed by atoms with van der Waals surface area (Å²) in [7, 11) is 1.15. The molecular weight excluding hydrogens is 386 g/mol. The summed E-state index contributed by atoms with van der Waals surface area (Å²) < 4.78 is 10.2. The number of esters is 1. The molecule has 144 valence electrons. The summed E-state index contributed by atoms with van der Waals surface area (Å²) in [6, 6.07) is 6.83. The first kappa shape index (κ1) is 19.2. The van der Waals surface area contributed by atoms with Crippen LogP contribution in [0.3, 0.4) is 0 Å². The molecule has 3 aromatic rings. The van der Waals surface area contributed by atoms with Crippen LogP contribution in [-0.2, 0) is 11.3 Å². The normalized spacial score (nSPS) is 10.5. The number of nitro benzene ring substituents is 1. The van der Waals surface area contributed by atoms with Crippen molar-refractivity contribution in [3.8, 4) is 11.5 Å². The molecule has 0 fully saturated rings. The molecule has 0 aliphatic carbocycles. The number of nitro groups is 1. The van der Waals surface area contributed by atoms with E-state index in [1.54, 1.807) is 12.1 Å². The summed E-state index contributed by atoms with van der Waals surface area (Å²) in [6.45, 7) is 1.96. The van der Waals surface area contributed by atoms with Crippen molar-refractivity contribution in [2.45, 2.75) is 13.5 Å². The highest BCUT2D eigenvalue weighted by Crippen LogP contribution is 2.24. The van der Waals surface area contributed by atoms with Crippen LogP contribution in [0.15, 0.2) is 40.1 Å². The molecule has 0 atom stereocenters. The number of furan rings is 1. The first-order valence-corrected chi connectivity index (χ1v) is 8.92. The van der Waals surface area contributed by atoms with E-state index in [0.29, 0.717) is 17.2 Å². The number of benzene rings is 1. The lowest BCUT2D eigenvalue weighted by Crippen LogP contribution is -2.23. The monoisotopic (exact) mass is 401 g/mol. The lowest BCUT2D eigenvalue weighted by molar-refractivity contribution is -0.384. The molecule has 3 rings (SSSR count). The summed E-state index contributed by atoms with van der Waals surface area (Å²) in [4.78, 5) is 38.8. The topological polar surface area (TPSA) is 125 Å². The lowest BCUT2D eigenvalue weighted by Gasteiger charge is -2.06. The Kier molecular flexibility index (Phi) is 5.50. The van der Waals surface area contributed by atoms with Gasteiger partial charge in [0.15, 0.2) is 5.76 Å². The van der Waals surface area contributed by atoms with E-state index < -0.39 is 16.8 Å². The van der Waals surface area contributed by atoms with Crippen molar-refractivity contribution in [2.24, 2.45) is 0 Å². The summed E-state index contributed by atoms with van der Waals surface area (Å²) in [5.74, 6) is -0.284. The Morgan fingerprint density at radius 3 is 2.68 bits per heavy atom. The maximum Gasteiger partial charge on any atom is 0.338 e. The number of carbonyl (C=O) groups is 2. The molecule has 0 saturated heterocycles.